The van der Waals surface area contributed by atoms with Gasteiger partial charge in [-0.2, -0.15) is 0 Å². The Kier molecular flexibility index (Phi) is 3.57. The number of aliphatic hydroxyl groups excluding tert-OH is 1. The molecule has 0 bridgehead atoms. The maximum atomic E-state index is 10.5. The molecule has 0 aliphatic heterocycles. The van der Waals surface area contributed by atoms with Crippen molar-refractivity contribution in [3.63, 3.8) is 0 Å². The molecule has 0 saturated carbocycles. The van der Waals surface area contributed by atoms with Gasteiger partial charge < -0.3 is 10.2 Å². The Morgan fingerprint density at radius 3 is 1.88 bits per heavy atom. The largest absolute Gasteiger partial charge is 0.393 e. The summed E-state index contributed by atoms with van der Waals surface area (Å²) in [7, 11) is 0. The molecule has 17 heavy (non-hydrogen) atoms. The van der Waals surface area contributed by atoms with Gasteiger partial charge in [-0.25, -0.2) is 0 Å². The zero-order chi connectivity index (χ0) is 12.1. The van der Waals surface area contributed by atoms with E-state index in [0.29, 0.717) is 6.42 Å². The Bertz CT molecular complexity index is 453. The number of benzene rings is 2. The van der Waals surface area contributed by atoms with Crippen LogP contribution in [0.5, 0.6) is 0 Å². The summed E-state index contributed by atoms with van der Waals surface area (Å²) in [6, 6.07) is 19.0. The monoisotopic (exact) mass is 228 g/mol. The highest BCUT2D eigenvalue weighted by molar-refractivity contribution is 5.26. The van der Waals surface area contributed by atoms with Crippen LogP contribution in [0.1, 0.15) is 11.1 Å². The van der Waals surface area contributed by atoms with E-state index in [1.165, 1.54) is 0 Å². The first-order valence-corrected chi connectivity index (χ1v) is 5.67. The van der Waals surface area contributed by atoms with Crippen LogP contribution in [0.4, 0.5) is 0 Å². The molecule has 88 valence electrons. The van der Waals surface area contributed by atoms with Crippen molar-refractivity contribution in [2.75, 3.05) is 6.61 Å². The minimum absolute atomic E-state index is 0.286. The second-order valence-corrected chi connectivity index (χ2v) is 4.22. The summed E-state index contributed by atoms with van der Waals surface area (Å²) in [5.74, 6) is 0. The van der Waals surface area contributed by atoms with Gasteiger partial charge in [0.05, 0.1) is 6.61 Å². The fourth-order valence-corrected chi connectivity index (χ4v) is 1.93. The lowest BCUT2D eigenvalue weighted by Gasteiger charge is -2.26. The molecule has 0 saturated heterocycles. The van der Waals surface area contributed by atoms with Crippen molar-refractivity contribution in [1.82, 2.24) is 0 Å². The topological polar surface area (TPSA) is 40.5 Å². The van der Waals surface area contributed by atoms with Crippen LogP contribution in [0, 0.1) is 0 Å². The summed E-state index contributed by atoms with van der Waals surface area (Å²) in [5, 5.41) is 19.9. The van der Waals surface area contributed by atoms with Gasteiger partial charge in [-0.1, -0.05) is 60.7 Å². The Labute approximate surface area is 101 Å². The number of hydrogen-bond acceptors (Lipinski definition) is 2. The minimum atomic E-state index is -1.21. The van der Waals surface area contributed by atoms with Gasteiger partial charge in [0.25, 0.3) is 0 Å². The molecule has 1 unspecified atom stereocenters. The molecule has 2 heteroatoms. The van der Waals surface area contributed by atoms with Crippen LogP contribution in [0.3, 0.4) is 0 Å². The van der Waals surface area contributed by atoms with Gasteiger partial charge in [-0.15, -0.1) is 0 Å². The third-order valence-electron chi connectivity index (χ3n) is 2.91. The van der Waals surface area contributed by atoms with Gasteiger partial charge in [0.2, 0.25) is 0 Å². The van der Waals surface area contributed by atoms with E-state index < -0.39 is 5.60 Å². The van der Waals surface area contributed by atoms with Gasteiger partial charge in [0.1, 0.15) is 5.60 Å². The first-order chi connectivity index (χ1) is 8.24. The molecular weight excluding hydrogens is 212 g/mol. The summed E-state index contributed by atoms with van der Waals surface area (Å²) in [6.07, 6.45) is 0.411. The van der Waals surface area contributed by atoms with Crippen LogP contribution >= 0.6 is 0 Å². The van der Waals surface area contributed by atoms with Crippen LogP contribution < -0.4 is 0 Å². The van der Waals surface area contributed by atoms with Gasteiger partial charge in [-0.3, -0.25) is 0 Å². The predicted octanol–water partition coefficient (Wildman–Crippen LogP) is 2.11. The maximum Gasteiger partial charge on any atom is 0.117 e. The molecule has 2 aromatic carbocycles. The highest BCUT2D eigenvalue weighted by Crippen LogP contribution is 2.25. The van der Waals surface area contributed by atoms with Gasteiger partial charge in [-0.05, 0) is 11.1 Å². The van der Waals surface area contributed by atoms with Crippen molar-refractivity contribution in [1.29, 1.82) is 0 Å². The predicted molar refractivity (Wildman–Crippen MR) is 67.6 cm³/mol. The fraction of sp³-hybridized carbons (Fsp3) is 0.200. The highest BCUT2D eigenvalue weighted by atomic mass is 16.3. The van der Waals surface area contributed by atoms with E-state index in [9.17, 15) is 10.2 Å². The molecule has 2 N–H and O–H groups in total. The molecule has 0 fully saturated rings. The third-order valence-corrected chi connectivity index (χ3v) is 2.91. The number of hydrogen-bond donors (Lipinski definition) is 2. The van der Waals surface area contributed by atoms with Crippen molar-refractivity contribution < 1.29 is 10.2 Å². The zero-order valence-electron chi connectivity index (χ0n) is 9.58. The lowest BCUT2D eigenvalue weighted by Crippen LogP contribution is -2.32. The summed E-state index contributed by atoms with van der Waals surface area (Å²) in [4.78, 5) is 0. The molecule has 0 amide bonds. The van der Waals surface area contributed by atoms with Crippen molar-refractivity contribution in [3.05, 3.63) is 71.8 Å². The zero-order valence-corrected chi connectivity index (χ0v) is 9.58. The normalized spacial score (nSPS) is 14.2. The van der Waals surface area contributed by atoms with Crippen LogP contribution in [-0.2, 0) is 12.0 Å². The molecule has 0 radical (unpaired) electrons. The molecular formula is C15H16O2. The molecule has 2 aromatic rings. The van der Waals surface area contributed by atoms with Crippen LogP contribution in [0.25, 0.3) is 0 Å². The van der Waals surface area contributed by atoms with E-state index in [1.54, 1.807) is 0 Å². The average Bonchev–Trinajstić information content (AvgIpc) is 2.41. The Balaban J connectivity index is 2.27. The van der Waals surface area contributed by atoms with Crippen LogP contribution in [0.15, 0.2) is 60.7 Å². The Morgan fingerprint density at radius 2 is 1.35 bits per heavy atom. The summed E-state index contributed by atoms with van der Waals surface area (Å²) in [5.41, 5.74) is 0.544. The highest BCUT2D eigenvalue weighted by Gasteiger charge is 2.28. The smallest absolute Gasteiger partial charge is 0.117 e. The van der Waals surface area contributed by atoms with Gasteiger partial charge >= 0.3 is 0 Å². The average molecular weight is 228 g/mol. The van der Waals surface area contributed by atoms with Crippen LogP contribution in [0.2, 0.25) is 0 Å². The molecule has 0 aliphatic rings. The molecule has 2 nitrogen and oxygen atoms in total. The van der Waals surface area contributed by atoms with E-state index in [1.807, 2.05) is 60.7 Å². The van der Waals surface area contributed by atoms with Crippen LogP contribution in [-0.4, -0.2) is 16.8 Å². The summed E-state index contributed by atoms with van der Waals surface area (Å²) in [6.45, 7) is -0.286. The molecule has 0 aromatic heterocycles. The van der Waals surface area contributed by atoms with Gasteiger partial charge in [0.15, 0.2) is 0 Å². The minimum Gasteiger partial charge on any atom is -0.393 e. The standard InChI is InChI=1S/C15H16O2/c16-12-15(17,14-9-5-2-6-10-14)11-13-7-3-1-4-8-13/h1-10,16-17H,11-12H2. The molecule has 0 spiro atoms. The molecule has 0 heterocycles. The Morgan fingerprint density at radius 1 is 0.824 bits per heavy atom. The quantitative estimate of drug-likeness (QED) is 0.841. The van der Waals surface area contributed by atoms with E-state index in [-0.39, 0.29) is 6.61 Å². The summed E-state index contributed by atoms with van der Waals surface area (Å²) < 4.78 is 0. The number of aliphatic hydroxyl groups is 2. The third kappa shape index (κ3) is 2.73. The van der Waals surface area contributed by atoms with E-state index >= 15 is 0 Å². The van der Waals surface area contributed by atoms with Crippen molar-refractivity contribution >= 4 is 0 Å². The van der Waals surface area contributed by atoms with Gasteiger partial charge in [0, 0.05) is 6.42 Å². The lowest BCUT2D eigenvalue weighted by atomic mass is 9.88. The molecule has 1 atom stereocenters. The fourth-order valence-electron chi connectivity index (χ4n) is 1.93. The summed E-state index contributed by atoms with van der Waals surface area (Å²) >= 11 is 0. The number of rotatable bonds is 4. The first kappa shape index (κ1) is 11.8. The first-order valence-electron chi connectivity index (χ1n) is 5.67. The van der Waals surface area contributed by atoms with E-state index in [4.69, 9.17) is 0 Å². The maximum absolute atomic E-state index is 10.5. The SMILES string of the molecule is OCC(O)(Cc1ccccc1)c1ccccc1. The second-order valence-electron chi connectivity index (χ2n) is 4.22. The van der Waals surface area contributed by atoms with Crippen molar-refractivity contribution in [3.8, 4) is 0 Å². The molecule has 0 aliphatic carbocycles. The molecule has 2 rings (SSSR count). The van der Waals surface area contributed by atoms with Crippen molar-refractivity contribution in [2.45, 2.75) is 12.0 Å². The van der Waals surface area contributed by atoms with Crippen molar-refractivity contribution in [2.24, 2.45) is 0 Å². The lowest BCUT2D eigenvalue weighted by molar-refractivity contribution is -0.0187. The second kappa shape index (κ2) is 5.13. The Hall–Kier alpha value is -1.64. The van der Waals surface area contributed by atoms with E-state index in [0.717, 1.165) is 11.1 Å². The van der Waals surface area contributed by atoms with E-state index in [2.05, 4.69) is 0 Å².